The Balaban J connectivity index is 1.60. The lowest BCUT2D eigenvalue weighted by Gasteiger charge is -2.36. The highest BCUT2D eigenvalue weighted by Gasteiger charge is 2.23. The van der Waals surface area contributed by atoms with Gasteiger partial charge in [-0.1, -0.05) is 13.0 Å². The molecule has 3 rings (SSSR count). The largest absolute Gasteiger partial charge is 0.493 e. The van der Waals surface area contributed by atoms with E-state index in [2.05, 4.69) is 27.1 Å². The number of nitrogens with zero attached hydrogens (tertiary/aromatic N) is 3. The molecule has 29 heavy (non-hydrogen) atoms. The van der Waals surface area contributed by atoms with Crippen molar-refractivity contribution in [3.05, 3.63) is 41.9 Å². The molecule has 1 aromatic heterocycles. The number of benzene rings is 1. The van der Waals surface area contributed by atoms with Crippen LogP contribution in [0.25, 0.3) is 0 Å². The number of carbonyl (C=O) groups is 1. The first kappa shape index (κ1) is 20.9. The van der Waals surface area contributed by atoms with Gasteiger partial charge in [0.25, 0.3) is 5.91 Å². The quantitative estimate of drug-likeness (QED) is 0.736. The van der Waals surface area contributed by atoms with Gasteiger partial charge in [-0.25, -0.2) is 9.97 Å². The summed E-state index contributed by atoms with van der Waals surface area (Å²) in [4.78, 5) is 23.5. The van der Waals surface area contributed by atoms with Crippen LogP contribution in [0.4, 0.5) is 5.82 Å². The molecule has 1 unspecified atom stereocenters. The summed E-state index contributed by atoms with van der Waals surface area (Å²) in [7, 11) is 3.22. The average molecular weight is 399 g/mol. The molecule has 1 fully saturated rings. The van der Waals surface area contributed by atoms with Crippen molar-refractivity contribution in [3.63, 3.8) is 0 Å². The predicted molar refractivity (Wildman–Crippen MR) is 113 cm³/mol. The number of hydrogen-bond acceptors (Lipinski definition) is 6. The zero-order chi connectivity index (χ0) is 20.6. The smallest absolute Gasteiger partial charge is 0.270 e. The monoisotopic (exact) mass is 398 g/mol. The van der Waals surface area contributed by atoms with Gasteiger partial charge in [0.15, 0.2) is 11.5 Å². The van der Waals surface area contributed by atoms with Crippen LogP contribution in [0.2, 0.25) is 0 Å². The van der Waals surface area contributed by atoms with Crippen LogP contribution in [0, 0.1) is 0 Å². The van der Waals surface area contributed by atoms with Gasteiger partial charge >= 0.3 is 0 Å². The van der Waals surface area contributed by atoms with Gasteiger partial charge in [0.1, 0.15) is 17.8 Å². The summed E-state index contributed by atoms with van der Waals surface area (Å²) in [6.45, 7) is 3.69. The van der Waals surface area contributed by atoms with E-state index in [1.165, 1.54) is 19.2 Å². The van der Waals surface area contributed by atoms with Crippen LogP contribution in [-0.2, 0) is 6.42 Å². The minimum atomic E-state index is -0.181. The molecular formula is C22H30N4O3. The summed E-state index contributed by atoms with van der Waals surface area (Å²) < 4.78 is 10.6. The lowest BCUT2D eigenvalue weighted by Crippen LogP contribution is -2.40. The Morgan fingerprint density at radius 1 is 1.17 bits per heavy atom. The fraction of sp³-hybridized carbons (Fsp3) is 0.500. The Bertz CT molecular complexity index is 827. The molecule has 1 aromatic carbocycles. The van der Waals surface area contributed by atoms with Gasteiger partial charge in [0, 0.05) is 25.2 Å². The lowest BCUT2D eigenvalue weighted by molar-refractivity contribution is 0.0949. The summed E-state index contributed by atoms with van der Waals surface area (Å²) in [5, 5.41) is 2.95. The number of carbonyl (C=O) groups excluding carboxylic acids is 1. The molecule has 1 atom stereocenters. The van der Waals surface area contributed by atoms with Crippen LogP contribution in [0.5, 0.6) is 11.5 Å². The Labute approximate surface area is 172 Å². The van der Waals surface area contributed by atoms with Gasteiger partial charge in [-0.2, -0.15) is 0 Å². The zero-order valence-electron chi connectivity index (χ0n) is 17.5. The molecule has 0 aliphatic carbocycles. The first-order valence-corrected chi connectivity index (χ1v) is 10.2. The van der Waals surface area contributed by atoms with Crippen molar-refractivity contribution in [2.75, 3.05) is 32.2 Å². The second kappa shape index (κ2) is 10.1. The number of hydrogen-bond donors (Lipinski definition) is 1. The first-order valence-electron chi connectivity index (χ1n) is 10.2. The second-order valence-electron chi connectivity index (χ2n) is 7.21. The third-order valence-corrected chi connectivity index (χ3v) is 5.43. The molecule has 1 amide bonds. The highest BCUT2D eigenvalue weighted by molar-refractivity contribution is 5.92. The molecule has 0 bridgehead atoms. The zero-order valence-corrected chi connectivity index (χ0v) is 17.5. The SMILES string of the molecule is CCC1CCCCN1c1cc(C(=O)NCCc2ccc(OC)c(OC)c2)ncn1. The summed E-state index contributed by atoms with van der Waals surface area (Å²) in [5.41, 5.74) is 1.47. The molecule has 7 nitrogen and oxygen atoms in total. The maximum atomic E-state index is 12.6. The van der Waals surface area contributed by atoms with Crippen LogP contribution in [0.15, 0.2) is 30.6 Å². The highest BCUT2D eigenvalue weighted by atomic mass is 16.5. The summed E-state index contributed by atoms with van der Waals surface area (Å²) >= 11 is 0. The normalized spacial score (nSPS) is 16.4. The van der Waals surface area contributed by atoms with Crippen molar-refractivity contribution >= 4 is 11.7 Å². The van der Waals surface area contributed by atoms with Crippen molar-refractivity contribution in [2.45, 2.75) is 45.1 Å². The molecule has 156 valence electrons. The number of ether oxygens (including phenoxy) is 2. The molecule has 7 heteroatoms. The molecule has 2 aromatic rings. The fourth-order valence-electron chi connectivity index (χ4n) is 3.80. The fourth-order valence-corrected chi connectivity index (χ4v) is 3.80. The second-order valence-corrected chi connectivity index (χ2v) is 7.21. The van der Waals surface area contributed by atoms with E-state index in [4.69, 9.17) is 9.47 Å². The molecule has 0 saturated carbocycles. The third kappa shape index (κ3) is 5.16. The molecule has 0 spiro atoms. The molecule has 2 heterocycles. The number of amides is 1. The van der Waals surface area contributed by atoms with Crippen molar-refractivity contribution in [1.82, 2.24) is 15.3 Å². The van der Waals surface area contributed by atoms with E-state index in [1.807, 2.05) is 18.2 Å². The van der Waals surface area contributed by atoms with Crippen molar-refractivity contribution < 1.29 is 14.3 Å². The van der Waals surface area contributed by atoms with Gasteiger partial charge in [-0.15, -0.1) is 0 Å². The van der Waals surface area contributed by atoms with Gasteiger partial charge in [-0.3, -0.25) is 4.79 Å². The van der Waals surface area contributed by atoms with Crippen molar-refractivity contribution in [3.8, 4) is 11.5 Å². The van der Waals surface area contributed by atoms with Crippen molar-refractivity contribution in [1.29, 1.82) is 0 Å². The minimum absolute atomic E-state index is 0.181. The lowest BCUT2D eigenvalue weighted by atomic mass is 10.00. The Kier molecular flexibility index (Phi) is 7.27. The highest BCUT2D eigenvalue weighted by Crippen LogP contribution is 2.28. The Morgan fingerprint density at radius 3 is 2.76 bits per heavy atom. The van der Waals surface area contributed by atoms with Crippen molar-refractivity contribution in [2.24, 2.45) is 0 Å². The Hall–Kier alpha value is -2.83. The Morgan fingerprint density at radius 2 is 2.00 bits per heavy atom. The number of nitrogens with one attached hydrogen (secondary N) is 1. The van der Waals surface area contributed by atoms with E-state index in [1.54, 1.807) is 20.3 Å². The predicted octanol–water partition coefficient (Wildman–Crippen LogP) is 3.24. The number of aromatic nitrogens is 2. The van der Waals surface area contributed by atoms with E-state index in [0.717, 1.165) is 30.8 Å². The third-order valence-electron chi connectivity index (χ3n) is 5.43. The molecule has 1 aliphatic rings. The maximum Gasteiger partial charge on any atom is 0.270 e. The van der Waals surface area contributed by atoms with Crippen LogP contribution in [0.3, 0.4) is 0 Å². The molecule has 1 saturated heterocycles. The average Bonchev–Trinajstić information content (AvgIpc) is 2.78. The minimum Gasteiger partial charge on any atom is -0.493 e. The van der Waals surface area contributed by atoms with E-state index in [0.29, 0.717) is 36.2 Å². The standard InChI is InChI=1S/C22H30N4O3/c1-4-17-7-5-6-12-26(17)21-14-18(24-15-25-21)22(27)23-11-10-16-8-9-19(28-2)20(13-16)29-3/h8-9,13-15,17H,4-7,10-12H2,1-3H3,(H,23,27). The topological polar surface area (TPSA) is 76.6 Å². The first-order chi connectivity index (χ1) is 14.2. The van der Waals surface area contributed by atoms with Crippen LogP contribution in [-0.4, -0.2) is 49.2 Å². The molecule has 1 aliphatic heterocycles. The molecular weight excluding hydrogens is 368 g/mol. The number of methoxy groups -OCH3 is 2. The van der Waals surface area contributed by atoms with Gasteiger partial charge in [0.2, 0.25) is 0 Å². The van der Waals surface area contributed by atoms with Crippen LogP contribution < -0.4 is 19.7 Å². The van der Waals surface area contributed by atoms with E-state index >= 15 is 0 Å². The molecule has 0 radical (unpaired) electrons. The maximum absolute atomic E-state index is 12.6. The van der Waals surface area contributed by atoms with E-state index in [9.17, 15) is 4.79 Å². The van der Waals surface area contributed by atoms with Gasteiger partial charge in [0.05, 0.1) is 14.2 Å². The van der Waals surface area contributed by atoms with Gasteiger partial charge < -0.3 is 19.7 Å². The summed E-state index contributed by atoms with van der Waals surface area (Å²) in [6.07, 6.45) is 6.84. The molecule has 1 N–H and O–H groups in total. The number of rotatable bonds is 8. The van der Waals surface area contributed by atoms with Crippen LogP contribution >= 0.6 is 0 Å². The summed E-state index contributed by atoms with van der Waals surface area (Å²) in [5.74, 6) is 2.04. The summed E-state index contributed by atoms with van der Waals surface area (Å²) in [6, 6.07) is 8.06. The number of piperidine rings is 1. The van der Waals surface area contributed by atoms with E-state index < -0.39 is 0 Å². The van der Waals surface area contributed by atoms with E-state index in [-0.39, 0.29) is 5.91 Å². The van der Waals surface area contributed by atoms with Gasteiger partial charge in [-0.05, 0) is 49.8 Å². The van der Waals surface area contributed by atoms with Crippen LogP contribution in [0.1, 0.15) is 48.7 Å². The number of anilines is 1.